The summed E-state index contributed by atoms with van der Waals surface area (Å²) >= 11 is 0. The van der Waals surface area contributed by atoms with E-state index in [1.165, 1.54) is 12.4 Å². The fourth-order valence-corrected chi connectivity index (χ4v) is 2.56. The molecule has 0 aliphatic rings. The lowest BCUT2D eigenvalue weighted by Gasteiger charge is -2.05. The number of hydrogen-bond donors (Lipinski definition) is 1. The highest BCUT2D eigenvalue weighted by Gasteiger charge is 2.16. The average molecular weight is 279 g/mol. The van der Waals surface area contributed by atoms with Crippen molar-refractivity contribution < 1.29 is 8.42 Å². The first kappa shape index (κ1) is 13.8. The molecule has 0 atom stereocenters. The van der Waals surface area contributed by atoms with E-state index in [-0.39, 0.29) is 17.5 Å². The van der Waals surface area contributed by atoms with Gasteiger partial charge in [0.2, 0.25) is 10.0 Å². The molecule has 0 unspecified atom stereocenters. The van der Waals surface area contributed by atoms with Gasteiger partial charge in [-0.25, -0.2) is 13.1 Å². The van der Waals surface area contributed by atoms with Gasteiger partial charge in [0.1, 0.15) is 4.90 Å². The van der Waals surface area contributed by atoms with E-state index in [4.69, 9.17) is 0 Å². The van der Waals surface area contributed by atoms with Crippen LogP contribution in [-0.2, 0) is 16.6 Å². The third-order valence-electron chi connectivity index (χ3n) is 2.73. The van der Waals surface area contributed by atoms with Crippen LogP contribution >= 0.6 is 0 Å². The summed E-state index contributed by atoms with van der Waals surface area (Å²) in [5.74, 6) is 0. The van der Waals surface area contributed by atoms with Crippen LogP contribution in [0.3, 0.4) is 0 Å². The van der Waals surface area contributed by atoms with Gasteiger partial charge in [-0.15, -0.1) is 0 Å². The lowest BCUT2D eigenvalue weighted by Crippen LogP contribution is -2.22. The minimum Gasteiger partial charge on any atom is -0.269 e. The van der Waals surface area contributed by atoms with Gasteiger partial charge in [-0.3, -0.25) is 4.68 Å². The van der Waals surface area contributed by atoms with Gasteiger partial charge in [-0.1, -0.05) is 30.3 Å². The quantitative estimate of drug-likeness (QED) is 0.909. The molecule has 0 spiro atoms. The molecular formula is C13H17N3O2S. The maximum Gasteiger partial charge on any atom is 0.243 e. The van der Waals surface area contributed by atoms with Gasteiger partial charge in [-0.05, 0) is 19.4 Å². The second-order valence-corrected chi connectivity index (χ2v) is 6.33. The minimum atomic E-state index is -3.50. The zero-order valence-electron chi connectivity index (χ0n) is 10.9. The van der Waals surface area contributed by atoms with Gasteiger partial charge in [0.25, 0.3) is 0 Å². The Morgan fingerprint density at radius 1 is 1.26 bits per heavy atom. The molecule has 1 heterocycles. The Morgan fingerprint density at radius 3 is 2.53 bits per heavy atom. The topological polar surface area (TPSA) is 64.0 Å². The van der Waals surface area contributed by atoms with Crippen molar-refractivity contribution in [3.8, 4) is 0 Å². The van der Waals surface area contributed by atoms with E-state index in [0.717, 1.165) is 5.56 Å². The number of aromatic nitrogens is 2. The van der Waals surface area contributed by atoms with Crippen LogP contribution in [0.4, 0.5) is 0 Å². The Morgan fingerprint density at radius 2 is 1.95 bits per heavy atom. The molecule has 1 aromatic heterocycles. The zero-order chi connectivity index (χ0) is 13.9. The number of nitrogens with zero attached hydrogens (tertiary/aromatic N) is 2. The zero-order valence-corrected chi connectivity index (χ0v) is 11.8. The van der Waals surface area contributed by atoms with Crippen LogP contribution in [0.5, 0.6) is 0 Å². The molecule has 0 saturated carbocycles. The minimum absolute atomic E-state index is 0.137. The third kappa shape index (κ3) is 3.42. The molecule has 102 valence electrons. The lowest BCUT2D eigenvalue weighted by atomic mass is 10.2. The molecule has 2 aromatic rings. The molecule has 0 amide bonds. The van der Waals surface area contributed by atoms with Crippen LogP contribution in [0.1, 0.15) is 25.5 Å². The summed E-state index contributed by atoms with van der Waals surface area (Å²) in [6.07, 6.45) is 2.91. The van der Waals surface area contributed by atoms with Crippen LogP contribution < -0.4 is 4.72 Å². The van der Waals surface area contributed by atoms with E-state index in [9.17, 15) is 8.42 Å². The monoisotopic (exact) mass is 279 g/mol. The van der Waals surface area contributed by atoms with Crippen LogP contribution in [0, 0.1) is 0 Å². The summed E-state index contributed by atoms with van der Waals surface area (Å²) < 4.78 is 28.3. The van der Waals surface area contributed by atoms with Crippen LogP contribution in [0.2, 0.25) is 0 Å². The Bertz CT molecular complexity index is 633. The van der Waals surface area contributed by atoms with E-state index < -0.39 is 10.0 Å². The second kappa shape index (κ2) is 5.54. The van der Waals surface area contributed by atoms with Crippen molar-refractivity contribution in [1.29, 1.82) is 0 Å². The molecule has 0 radical (unpaired) electrons. The SMILES string of the molecule is CC(C)n1cc(S(=O)(=O)NCc2ccccc2)cn1. The smallest absolute Gasteiger partial charge is 0.243 e. The predicted molar refractivity (Wildman–Crippen MR) is 73.1 cm³/mol. The van der Waals surface area contributed by atoms with Crippen molar-refractivity contribution in [3.63, 3.8) is 0 Å². The Hall–Kier alpha value is -1.66. The maximum atomic E-state index is 12.1. The standard InChI is InChI=1S/C13H17N3O2S/c1-11(2)16-10-13(9-14-16)19(17,18)15-8-12-6-4-3-5-7-12/h3-7,9-11,15H,8H2,1-2H3. The Kier molecular flexibility index (Phi) is 4.01. The molecule has 0 fully saturated rings. The van der Waals surface area contributed by atoms with E-state index in [0.29, 0.717) is 0 Å². The highest BCUT2D eigenvalue weighted by molar-refractivity contribution is 7.89. The van der Waals surface area contributed by atoms with Gasteiger partial charge in [0, 0.05) is 18.8 Å². The Labute approximate surface area is 113 Å². The van der Waals surface area contributed by atoms with E-state index in [2.05, 4.69) is 9.82 Å². The van der Waals surface area contributed by atoms with Gasteiger partial charge in [0.15, 0.2) is 0 Å². The summed E-state index contributed by atoms with van der Waals surface area (Å²) in [6.45, 7) is 4.16. The normalized spacial score (nSPS) is 11.9. The van der Waals surface area contributed by atoms with Crippen LogP contribution in [0.15, 0.2) is 47.6 Å². The van der Waals surface area contributed by atoms with Gasteiger partial charge in [-0.2, -0.15) is 5.10 Å². The number of rotatable bonds is 5. The molecule has 19 heavy (non-hydrogen) atoms. The first-order valence-corrected chi connectivity index (χ1v) is 7.55. The highest BCUT2D eigenvalue weighted by atomic mass is 32.2. The molecule has 1 aromatic carbocycles. The maximum absolute atomic E-state index is 12.1. The Balaban J connectivity index is 2.09. The van der Waals surface area contributed by atoms with Crippen molar-refractivity contribution in [3.05, 3.63) is 48.3 Å². The van der Waals surface area contributed by atoms with Crippen LogP contribution in [0.25, 0.3) is 0 Å². The van der Waals surface area contributed by atoms with Crippen molar-refractivity contribution in [2.45, 2.75) is 31.3 Å². The average Bonchev–Trinajstić information content (AvgIpc) is 2.88. The molecule has 0 saturated heterocycles. The summed E-state index contributed by atoms with van der Waals surface area (Å²) in [7, 11) is -3.50. The molecule has 0 aliphatic carbocycles. The predicted octanol–water partition coefficient (Wildman–Crippen LogP) is 1.94. The van der Waals surface area contributed by atoms with E-state index in [1.807, 2.05) is 44.2 Å². The number of hydrogen-bond acceptors (Lipinski definition) is 3. The first-order chi connectivity index (χ1) is 8.99. The van der Waals surface area contributed by atoms with Crippen molar-refractivity contribution in [2.75, 3.05) is 0 Å². The fraction of sp³-hybridized carbons (Fsp3) is 0.308. The molecule has 2 rings (SSSR count). The van der Waals surface area contributed by atoms with Crippen molar-refractivity contribution in [2.24, 2.45) is 0 Å². The molecule has 6 heteroatoms. The summed E-state index contributed by atoms with van der Waals surface area (Å²) in [5, 5.41) is 4.03. The number of nitrogens with one attached hydrogen (secondary N) is 1. The summed E-state index contributed by atoms with van der Waals surface area (Å²) in [5.41, 5.74) is 0.919. The van der Waals surface area contributed by atoms with Crippen LogP contribution in [-0.4, -0.2) is 18.2 Å². The molecule has 0 aliphatic heterocycles. The fourth-order valence-electron chi connectivity index (χ4n) is 1.60. The molecule has 1 N–H and O–H groups in total. The molecule has 0 bridgehead atoms. The highest BCUT2D eigenvalue weighted by Crippen LogP contribution is 2.11. The third-order valence-corrected chi connectivity index (χ3v) is 4.08. The largest absolute Gasteiger partial charge is 0.269 e. The second-order valence-electron chi connectivity index (χ2n) is 4.56. The lowest BCUT2D eigenvalue weighted by molar-refractivity contribution is 0.531. The van der Waals surface area contributed by atoms with Crippen molar-refractivity contribution >= 4 is 10.0 Å². The molecule has 5 nitrogen and oxygen atoms in total. The number of sulfonamides is 1. The van der Waals surface area contributed by atoms with Gasteiger partial charge >= 0.3 is 0 Å². The van der Waals surface area contributed by atoms with E-state index >= 15 is 0 Å². The van der Waals surface area contributed by atoms with Crippen molar-refractivity contribution in [1.82, 2.24) is 14.5 Å². The van der Waals surface area contributed by atoms with Gasteiger partial charge in [0.05, 0.1) is 6.20 Å². The van der Waals surface area contributed by atoms with Gasteiger partial charge < -0.3 is 0 Å². The number of benzene rings is 1. The summed E-state index contributed by atoms with van der Waals surface area (Å²) in [6, 6.07) is 9.53. The summed E-state index contributed by atoms with van der Waals surface area (Å²) in [4.78, 5) is 0.192. The first-order valence-electron chi connectivity index (χ1n) is 6.07. The van der Waals surface area contributed by atoms with E-state index in [1.54, 1.807) is 4.68 Å². The molecular weight excluding hydrogens is 262 g/mol.